The van der Waals surface area contributed by atoms with Gasteiger partial charge in [-0.05, 0) is 18.2 Å². The van der Waals surface area contributed by atoms with E-state index < -0.39 is 11.9 Å². The highest BCUT2D eigenvalue weighted by Gasteiger charge is 2.03. The third kappa shape index (κ3) is 2.23. The van der Waals surface area contributed by atoms with Gasteiger partial charge in [0, 0.05) is 18.8 Å². The molecule has 0 saturated heterocycles. The van der Waals surface area contributed by atoms with Crippen molar-refractivity contribution in [3.63, 3.8) is 0 Å². The van der Waals surface area contributed by atoms with E-state index in [2.05, 4.69) is 10.3 Å². The molecule has 1 aromatic heterocycles. The molecule has 6 nitrogen and oxygen atoms in total. The van der Waals surface area contributed by atoms with Gasteiger partial charge >= 0.3 is 5.76 Å². The number of hydrogen-bond donors (Lipinski definition) is 4. The molecule has 0 aliphatic carbocycles. The highest BCUT2D eigenvalue weighted by atomic mass is 16.4. The second-order valence-electron chi connectivity index (χ2n) is 3.50. The van der Waals surface area contributed by atoms with Gasteiger partial charge in [-0.2, -0.15) is 0 Å². The summed E-state index contributed by atoms with van der Waals surface area (Å²) in [4.78, 5) is 13.5. The first-order valence-corrected chi connectivity index (χ1v) is 4.94. The van der Waals surface area contributed by atoms with Crippen molar-refractivity contribution in [1.29, 1.82) is 0 Å². The highest BCUT2D eigenvalue weighted by molar-refractivity contribution is 5.76. The molecule has 1 heterocycles. The minimum absolute atomic E-state index is 0.206. The number of H-pyrrole nitrogens is 1. The highest BCUT2D eigenvalue weighted by Crippen LogP contribution is 2.15. The zero-order valence-corrected chi connectivity index (χ0v) is 8.56. The molecule has 0 radical (unpaired) electrons. The molecule has 2 aromatic rings. The average Bonchev–Trinajstić information content (AvgIpc) is 2.65. The zero-order valence-electron chi connectivity index (χ0n) is 8.56. The van der Waals surface area contributed by atoms with E-state index in [9.17, 15) is 9.90 Å². The Morgan fingerprint density at radius 3 is 3.12 bits per heavy atom. The maximum Gasteiger partial charge on any atom is 0.417 e. The van der Waals surface area contributed by atoms with Crippen molar-refractivity contribution in [3.05, 3.63) is 28.7 Å². The Morgan fingerprint density at radius 1 is 1.56 bits per heavy atom. The molecule has 0 fully saturated rings. The summed E-state index contributed by atoms with van der Waals surface area (Å²) in [5.41, 5.74) is 7.20. The third-order valence-electron chi connectivity index (χ3n) is 2.23. The SMILES string of the molecule is NCC(O)CNc1ccc2oc(=O)[nH]c2c1. The summed E-state index contributed by atoms with van der Waals surface area (Å²) in [5, 5.41) is 12.3. The van der Waals surface area contributed by atoms with Gasteiger partial charge in [0.2, 0.25) is 0 Å². The standard InChI is InChI=1S/C10H13N3O3/c11-4-7(14)5-12-6-1-2-9-8(3-6)13-10(15)16-9/h1-3,7,12,14H,4-5,11H2,(H,13,15). The Kier molecular flexibility index (Phi) is 2.93. The van der Waals surface area contributed by atoms with Crippen LogP contribution in [0.5, 0.6) is 0 Å². The molecule has 0 aliphatic rings. The number of aliphatic hydroxyl groups is 1. The number of nitrogens with one attached hydrogen (secondary N) is 2. The molecule has 0 saturated carbocycles. The van der Waals surface area contributed by atoms with Crippen molar-refractivity contribution >= 4 is 16.8 Å². The van der Waals surface area contributed by atoms with Crippen LogP contribution in [0.1, 0.15) is 0 Å². The van der Waals surface area contributed by atoms with E-state index >= 15 is 0 Å². The van der Waals surface area contributed by atoms with Crippen LogP contribution in [0.4, 0.5) is 5.69 Å². The fourth-order valence-corrected chi connectivity index (χ4v) is 1.38. The van der Waals surface area contributed by atoms with E-state index in [-0.39, 0.29) is 6.54 Å². The van der Waals surface area contributed by atoms with Crippen molar-refractivity contribution in [1.82, 2.24) is 4.98 Å². The van der Waals surface area contributed by atoms with E-state index in [0.29, 0.717) is 17.6 Å². The minimum atomic E-state index is -0.584. The molecule has 2 rings (SSSR count). The lowest BCUT2D eigenvalue weighted by Gasteiger charge is -2.10. The molecule has 0 aliphatic heterocycles. The first-order valence-electron chi connectivity index (χ1n) is 4.94. The van der Waals surface area contributed by atoms with Gasteiger partial charge in [-0.25, -0.2) is 4.79 Å². The maximum absolute atomic E-state index is 10.9. The molecular formula is C10H13N3O3. The van der Waals surface area contributed by atoms with Crippen molar-refractivity contribution < 1.29 is 9.52 Å². The first kappa shape index (κ1) is 10.7. The molecule has 0 amide bonds. The second kappa shape index (κ2) is 4.38. The van der Waals surface area contributed by atoms with Crippen LogP contribution in [0.2, 0.25) is 0 Å². The Balaban J connectivity index is 2.16. The number of nitrogens with two attached hydrogens (primary N) is 1. The largest absolute Gasteiger partial charge is 0.417 e. The van der Waals surface area contributed by atoms with Crippen LogP contribution < -0.4 is 16.8 Å². The van der Waals surface area contributed by atoms with Crippen LogP contribution in [0.25, 0.3) is 11.1 Å². The van der Waals surface area contributed by atoms with E-state index in [4.69, 9.17) is 10.2 Å². The Labute approximate surface area is 91.1 Å². The van der Waals surface area contributed by atoms with Crippen molar-refractivity contribution in [2.75, 3.05) is 18.4 Å². The van der Waals surface area contributed by atoms with Gasteiger partial charge in [0.1, 0.15) is 0 Å². The molecule has 5 N–H and O–H groups in total. The lowest BCUT2D eigenvalue weighted by Crippen LogP contribution is -2.27. The normalized spacial score (nSPS) is 12.9. The average molecular weight is 223 g/mol. The molecule has 16 heavy (non-hydrogen) atoms. The first-order chi connectivity index (χ1) is 7.69. The molecule has 86 valence electrons. The summed E-state index contributed by atoms with van der Waals surface area (Å²) in [6, 6.07) is 5.19. The topological polar surface area (TPSA) is 104 Å². The lowest BCUT2D eigenvalue weighted by atomic mass is 10.2. The van der Waals surface area contributed by atoms with Crippen LogP contribution in [0.15, 0.2) is 27.4 Å². The van der Waals surface area contributed by atoms with Gasteiger partial charge in [-0.15, -0.1) is 0 Å². The number of hydrogen-bond acceptors (Lipinski definition) is 5. The second-order valence-corrected chi connectivity index (χ2v) is 3.50. The fourth-order valence-electron chi connectivity index (χ4n) is 1.38. The van der Waals surface area contributed by atoms with Gasteiger partial charge in [-0.1, -0.05) is 0 Å². The van der Waals surface area contributed by atoms with E-state index in [1.54, 1.807) is 18.2 Å². The van der Waals surface area contributed by atoms with Crippen LogP contribution in [0, 0.1) is 0 Å². The van der Waals surface area contributed by atoms with Gasteiger partial charge in [0.05, 0.1) is 11.6 Å². The number of rotatable bonds is 4. The molecule has 0 bridgehead atoms. The number of anilines is 1. The summed E-state index contributed by atoms with van der Waals surface area (Å²) < 4.78 is 4.86. The predicted octanol–water partition coefficient (Wildman–Crippen LogP) is -0.147. The van der Waals surface area contributed by atoms with Crippen LogP contribution in [-0.2, 0) is 0 Å². The summed E-state index contributed by atoms with van der Waals surface area (Å²) in [7, 11) is 0. The van der Waals surface area contributed by atoms with Crippen LogP contribution in [-0.4, -0.2) is 29.3 Å². The molecule has 1 unspecified atom stereocenters. The van der Waals surface area contributed by atoms with E-state index in [0.717, 1.165) is 5.69 Å². The van der Waals surface area contributed by atoms with Crippen LogP contribution >= 0.6 is 0 Å². The number of aliphatic hydroxyl groups excluding tert-OH is 1. The number of benzene rings is 1. The number of aromatic amines is 1. The van der Waals surface area contributed by atoms with Gasteiger partial charge < -0.3 is 20.6 Å². The Bertz CT molecular complexity index is 531. The van der Waals surface area contributed by atoms with Crippen molar-refractivity contribution in [3.8, 4) is 0 Å². The monoisotopic (exact) mass is 223 g/mol. The molecule has 6 heteroatoms. The Morgan fingerprint density at radius 2 is 2.38 bits per heavy atom. The molecule has 0 spiro atoms. The number of fused-ring (bicyclic) bond motifs is 1. The van der Waals surface area contributed by atoms with Gasteiger partial charge in [0.25, 0.3) is 0 Å². The lowest BCUT2D eigenvalue weighted by molar-refractivity contribution is 0.196. The molecule has 1 atom stereocenters. The predicted molar refractivity (Wildman–Crippen MR) is 60.4 cm³/mol. The summed E-state index contributed by atoms with van der Waals surface area (Å²) in [5.74, 6) is -0.478. The smallest absolute Gasteiger partial charge is 0.408 e. The Hall–Kier alpha value is -1.79. The fraction of sp³-hybridized carbons (Fsp3) is 0.300. The van der Waals surface area contributed by atoms with Crippen molar-refractivity contribution in [2.45, 2.75) is 6.10 Å². The number of oxazole rings is 1. The maximum atomic E-state index is 10.9. The minimum Gasteiger partial charge on any atom is -0.408 e. The summed E-state index contributed by atoms with van der Waals surface area (Å²) >= 11 is 0. The number of aromatic nitrogens is 1. The zero-order chi connectivity index (χ0) is 11.5. The molecular weight excluding hydrogens is 210 g/mol. The van der Waals surface area contributed by atoms with Crippen LogP contribution in [0.3, 0.4) is 0 Å². The summed E-state index contributed by atoms with van der Waals surface area (Å²) in [6.07, 6.45) is -0.584. The molecule has 1 aromatic carbocycles. The third-order valence-corrected chi connectivity index (χ3v) is 2.23. The quantitative estimate of drug-likeness (QED) is 0.577. The summed E-state index contributed by atoms with van der Waals surface area (Å²) in [6.45, 7) is 0.571. The van der Waals surface area contributed by atoms with Crippen molar-refractivity contribution in [2.24, 2.45) is 5.73 Å². The van der Waals surface area contributed by atoms with Gasteiger partial charge in [-0.3, -0.25) is 4.98 Å². The van der Waals surface area contributed by atoms with E-state index in [1.165, 1.54) is 0 Å². The van der Waals surface area contributed by atoms with E-state index in [1.807, 2.05) is 0 Å². The van der Waals surface area contributed by atoms with Gasteiger partial charge in [0.15, 0.2) is 5.58 Å².